The van der Waals surface area contributed by atoms with E-state index in [-0.39, 0.29) is 25.4 Å². The number of carbonyl (C=O) groups is 3. The van der Waals surface area contributed by atoms with E-state index >= 15 is 0 Å². The topological polar surface area (TPSA) is 89.7 Å². The van der Waals surface area contributed by atoms with Crippen LogP contribution in [0.2, 0.25) is 0 Å². The van der Waals surface area contributed by atoms with Gasteiger partial charge in [0.2, 0.25) is 11.8 Å². The average molecular weight is 262 g/mol. The molecule has 1 aliphatic rings. The molecule has 0 saturated carbocycles. The first-order valence-electron chi connectivity index (χ1n) is 5.88. The minimum absolute atomic E-state index is 0.0891. The number of esters is 1. The first kappa shape index (κ1) is 13.1. The van der Waals surface area contributed by atoms with Crippen molar-refractivity contribution < 1.29 is 19.1 Å². The number of ether oxygens (including phenoxy) is 1. The van der Waals surface area contributed by atoms with Gasteiger partial charge in [0, 0.05) is 0 Å². The molecule has 0 aromatic heterocycles. The van der Waals surface area contributed by atoms with E-state index in [1.54, 1.807) is 30.3 Å². The van der Waals surface area contributed by atoms with Gasteiger partial charge in [0.15, 0.2) is 0 Å². The Hall–Kier alpha value is -2.37. The molecule has 1 fully saturated rings. The van der Waals surface area contributed by atoms with Gasteiger partial charge in [-0.1, -0.05) is 18.2 Å². The summed E-state index contributed by atoms with van der Waals surface area (Å²) in [4.78, 5) is 35.4. The maximum absolute atomic E-state index is 11.8. The molecule has 0 aliphatic carbocycles. The zero-order valence-electron chi connectivity index (χ0n) is 10.2. The predicted molar refractivity (Wildman–Crippen MR) is 66.0 cm³/mol. The Morgan fingerprint density at radius 2 is 2.00 bits per heavy atom. The van der Waals surface area contributed by atoms with Crippen molar-refractivity contribution in [2.75, 3.05) is 13.1 Å². The lowest BCUT2D eigenvalue weighted by atomic mass is 10.2. The lowest BCUT2D eigenvalue weighted by molar-refractivity contribution is -0.132. The van der Waals surface area contributed by atoms with Crippen molar-refractivity contribution in [2.45, 2.75) is 12.5 Å². The first-order chi connectivity index (χ1) is 9.06. The van der Waals surface area contributed by atoms with Crippen molar-refractivity contribution in [3.8, 4) is 0 Å². The molecule has 2 rings (SSSR count). The van der Waals surface area contributed by atoms with Gasteiger partial charge in [-0.25, -0.2) is 4.79 Å². The molecule has 2 amide bonds. The standard InChI is InChI=1S/C13H14N2O4/c14-11(16)8-15-7-10(6-12(15)17)19-13(18)9-4-2-1-3-5-9/h1-5,10H,6-8H2,(H2,14,16). The van der Waals surface area contributed by atoms with Gasteiger partial charge in [-0.3, -0.25) is 9.59 Å². The largest absolute Gasteiger partial charge is 0.456 e. The number of rotatable bonds is 4. The maximum atomic E-state index is 11.8. The monoisotopic (exact) mass is 262 g/mol. The van der Waals surface area contributed by atoms with Gasteiger partial charge >= 0.3 is 5.97 Å². The van der Waals surface area contributed by atoms with Crippen LogP contribution in [0.5, 0.6) is 0 Å². The summed E-state index contributed by atoms with van der Waals surface area (Å²) in [6.07, 6.45) is -0.439. The molecule has 1 unspecified atom stereocenters. The number of primary amides is 1. The first-order valence-corrected chi connectivity index (χ1v) is 5.88. The molecule has 6 nitrogen and oxygen atoms in total. The predicted octanol–water partition coefficient (Wildman–Crippen LogP) is -0.0704. The fourth-order valence-electron chi connectivity index (χ4n) is 1.95. The zero-order valence-corrected chi connectivity index (χ0v) is 10.2. The second-order valence-corrected chi connectivity index (χ2v) is 4.34. The van der Waals surface area contributed by atoms with Gasteiger partial charge in [0.25, 0.3) is 0 Å². The minimum Gasteiger partial charge on any atom is -0.456 e. The number of amides is 2. The third-order valence-corrected chi connectivity index (χ3v) is 2.81. The SMILES string of the molecule is NC(=O)CN1CC(OC(=O)c2ccccc2)CC1=O. The summed E-state index contributed by atoms with van der Waals surface area (Å²) in [6, 6.07) is 8.54. The van der Waals surface area contributed by atoms with Crippen LogP contribution in [0.1, 0.15) is 16.8 Å². The third-order valence-electron chi connectivity index (χ3n) is 2.81. The maximum Gasteiger partial charge on any atom is 0.338 e. The molecule has 1 saturated heterocycles. The Morgan fingerprint density at radius 3 is 2.63 bits per heavy atom. The van der Waals surface area contributed by atoms with Gasteiger partial charge in [-0.05, 0) is 12.1 Å². The quantitative estimate of drug-likeness (QED) is 0.769. The fourth-order valence-corrected chi connectivity index (χ4v) is 1.95. The molecule has 0 spiro atoms. The third kappa shape index (κ3) is 3.31. The number of nitrogens with two attached hydrogens (primary N) is 1. The summed E-state index contributed by atoms with van der Waals surface area (Å²) < 4.78 is 5.23. The van der Waals surface area contributed by atoms with Crippen LogP contribution in [0.25, 0.3) is 0 Å². The smallest absolute Gasteiger partial charge is 0.338 e. The normalized spacial score (nSPS) is 18.4. The van der Waals surface area contributed by atoms with E-state index in [2.05, 4.69) is 0 Å². The molecule has 19 heavy (non-hydrogen) atoms. The van der Waals surface area contributed by atoms with Crippen LogP contribution in [0.3, 0.4) is 0 Å². The van der Waals surface area contributed by atoms with Crippen LogP contribution in [-0.4, -0.2) is 41.9 Å². The summed E-state index contributed by atoms with van der Waals surface area (Å²) >= 11 is 0. The molecule has 1 aromatic carbocycles. The highest BCUT2D eigenvalue weighted by Gasteiger charge is 2.33. The average Bonchev–Trinajstić information content (AvgIpc) is 2.70. The molecule has 1 aromatic rings. The van der Waals surface area contributed by atoms with E-state index in [4.69, 9.17) is 10.5 Å². The number of benzene rings is 1. The Balaban J connectivity index is 1.93. The zero-order chi connectivity index (χ0) is 13.8. The van der Waals surface area contributed by atoms with Crippen molar-refractivity contribution in [2.24, 2.45) is 5.73 Å². The van der Waals surface area contributed by atoms with Gasteiger partial charge in [0.05, 0.1) is 25.1 Å². The van der Waals surface area contributed by atoms with E-state index in [1.807, 2.05) is 0 Å². The molecular weight excluding hydrogens is 248 g/mol. The van der Waals surface area contributed by atoms with Crippen LogP contribution >= 0.6 is 0 Å². The number of hydrogen-bond acceptors (Lipinski definition) is 4. The number of likely N-dealkylation sites (tertiary alicyclic amines) is 1. The van der Waals surface area contributed by atoms with Crippen LogP contribution in [0.15, 0.2) is 30.3 Å². The van der Waals surface area contributed by atoms with E-state index in [0.717, 1.165) is 0 Å². The lowest BCUT2D eigenvalue weighted by Gasteiger charge is -2.14. The van der Waals surface area contributed by atoms with E-state index < -0.39 is 18.0 Å². The summed E-state index contributed by atoms with van der Waals surface area (Å²) in [6.45, 7) is 0.0680. The minimum atomic E-state index is -0.580. The highest BCUT2D eigenvalue weighted by atomic mass is 16.5. The molecule has 6 heteroatoms. The Kier molecular flexibility index (Phi) is 3.79. The summed E-state index contributed by atoms with van der Waals surface area (Å²) in [7, 11) is 0. The molecule has 0 bridgehead atoms. The molecule has 1 heterocycles. The lowest BCUT2D eigenvalue weighted by Crippen LogP contribution is -2.35. The molecule has 0 radical (unpaired) electrons. The Morgan fingerprint density at radius 1 is 1.32 bits per heavy atom. The highest BCUT2D eigenvalue weighted by molar-refractivity contribution is 5.90. The van der Waals surface area contributed by atoms with E-state index in [0.29, 0.717) is 5.56 Å². The fraction of sp³-hybridized carbons (Fsp3) is 0.308. The van der Waals surface area contributed by atoms with Gasteiger partial charge in [-0.15, -0.1) is 0 Å². The van der Waals surface area contributed by atoms with Gasteiger partial charge in [-0.2, -0.15) is 0 Å². The van der Waals surface area contributed by atoms with Crippen LogP contribution < -0.4 is 5.73 Å². The van der Waals surface area contributed by atoms with Crippen LogP contribution in [0.4, 0.5) is 0 Å². The Labute approximate surface area is 110 Å². The van der Waals surface area contributed by atoms with E-state index in [9.17, 15) is 14.4 Å². The van der Waals surface area contributed by atoms with Crippen LogP contribution in [0, 0.1) is 0 Å². The van der Waals surface area contributed by atoms with Gasteiger partial charge in [0.1, 0.15) is 6.10 Å². The van der Waals surface area contributed by atoms with Crippen LogP contribution in [-0.2, 0) is 14.3 Å². The number of hydrogen-bond donors (Lipinski definition) is 1. The van der Waals surface area contributed by atoms with Crippen molar-refractivity contribution in [3.63, 3.8) is 0 Å². The molecular formula is C13H14N2O4. The van der Waals surface area contributed by atoms with Gasteiger partial charge < -0.3 is 15.4 Å². The van der Waals surface area contributed by atoms with E-state index in [1.165, 1.54) is 4.90 Å². The summed E-state index contributed by atoms with van der Waals surface area (Å²) in [5, 5.41) is 0. The highest BCUT2D eigenvalue weighted by Crippen LogP contribution is 2.15. The Bertz CT molecular complexity index is 501. The van der Waals surface area contributed by atoms with Crippen molar-refractivity contribution in [1.29, 1.82) is 0 Å². The second-order valence-electron chi connectivity index (χ2n) is 4.34. The summed E-state index contributed by atoms with van der Waals surface area (Å²) in [5.74, 6) is -1.28. The van der Waals surface area contributed by atoms with Crippen molar-refractivity contribution >= 4 is 17.8 Å². The summed E-state index contributed by atoms with van der Waals surface area (Å²) in [5.41, 5.74) is 5.47. The molecule has 1 aliphatic heterocycles. The molecule has 1 atom stereocenters. The van der Waals surface area contributed by atoms with Crippen molar-refractivity contribution in [1.82, 2.24) is 4.90 Å². The van der Waals surface area contributed by atoms with Crippen molar-refractivity contribution in [3.05, 3.63) is 35.9 Å². The molecule has 2 N–H and O–H groups in total. The number of nitrogens with zero attached hydrogens (tertiary/aromatic N) is 1. The molecule has 100 valence electrons. The second kappa shape index (κ2) is 5.51. The number of carbonyl (C=O) groups excluding carboxylic acids is 3.